The van der Waals surface area contributed by atoms with Gasteiger partial charge in [-0.2, -0.15) is 0 Å². The molecule has 0 aromatic carbocycles. The summed E-state index contributed by atoms with van der Waals surface area (Å²) in [5.74, 6) is 0.0125. The number of hydrogen-bond donors (Lipinski definition) is 0. The van der Waals surface area contributed by atoms with Gasteiger partial charge in [0.1, 0.15) is 0 Å². The lowest BCUT2D eigenvalue weighted by atomic mass is 10.5. The van der Waals surface area contributed by atoms with Crippen LogP contribution < -0.4 is 4.74 Å². The minimum absolute atomic E-state index is 0.109. The van der Waals surface area contributed by atoms with Crippen LogP contribution in [0.3, 0.4) is 0 Å². The van der Waals surface area contributed by atoms with E-state index in [0.29, 0.717) is 12.5 Å². The molecule has 0 atom stereocenters. The Labute approximate surface area is 90.4 Å². The molecule has 76 valence electrons. The van der Waals surface area contributed by atoms with Crippen molar-refractivity contribution < 1.29 is 14.3 Å². The van der Waals surface area contributed by atoms with Gasteiger partial charge in [-0.3, -0.25) is 0 Å². The van der Waals surface area contributed by atoms with E-state index in [0.717, 1.165) is 4.47 Å². The molecule has 0 N–H and O–H groups in total. The lowest BCUT2D eigenvalue weighted by Crippen LogP contribution is -2.14. The monoisotopic (exact) mass is 259 g/mol. The molecule has 0 aliphatic rings. The third-order valence-corrected chi connectivity index (χ3v) is 1.81. The van der Waals surface area contributed by atoms with Crippen LogP contribution >= 0.6 is 15.9 Å². The Kier molecular flexibility index (Phi) is 4.39. The minimum atomic E-state index is -0.391. The molecule has 0 fully saturated rings. The number of hydrogen-bond acceptors (Lipinski definition) is 4. The molecule has 0 radical (unpaired) electrons. The van der Waals surface area contributed by atoms with Crippen LogP contribution in [0.1, 0.15) is 6.92 Å². The average Bonchev–Trinajstić information content (AvgIpc) is 2.17. The van der Waals surface area contributed by atoms with Crippen LogP contribution in [0, 0.1) is 0 Å². The summed E-state index contributed by atoms with van der Waals surface area (Å²) in [6, 6.07) is 3.46. The molecule has 1 rings (SSSR count). The van der Waals surface area contributed by atoms with E-state index in [1.54, 1.807) is 25.3 Å². The molecule has 0 amide bonds. The van der Waals surface area contributed by atoms with E-state index in [1.807, 2.05) is 0 Å². The van der Waals surface area contributed by atoms with Crippen molar-refractivity contribution in [3.8, 4) is 5.88 Å². The number of nitrogens with zero attached hydrogens (tertiary/aromatic N) is 1. The molecule has 1 aromatic rings. The molecule has 0 saturated carbocycles. The highest BCUT2D eigenvalue weighted by Crippen LogP contribution is 2.11. The Morgan fingerprint density at radius 3 is 2.93 bits per heavy atom. The molecule has 14 heavy (non-hydrogen) atoms. The quantitative estimate of drug-likeness (QED) is 0.774. The Balaban J connectivity index is 2.38. The topological polar surface area (TPSA) is 48.4 Å². The highest BCUT2D eigenvalue weighted by molar-refractivity contribution is 9.10. The summed E-state index contributed by atoms with van der Waals surface area (Å²) in [5, 5.41) is 0. The Morgan fingerprint density at radius 2 is 2.36 bits per heavy atom. The van der Waals surface area contributed by atoms with Crippen molar-refractivity contribution in [2.24, 2.45) is 0 Å². The molecule has 0 aliphatic carbocycles. The zero-order chi connectivity index (χ0) is 10.4. The number of carbonyl (C=O) groups excluding carboxylic acids is 1. The van der Waals surface area contributed by atoms with Crippen LogP contribution in [0.4, 0.5) is 0 Å². The van der Waals surface area contributed by atoms with Gasteiger partial charge < -0.3 is 9.47 Å². The smallest absolute Gasteiger partial charge is 0.344 e. The highest BCUT2D eigenvalue weighted by Gasteiger charge is 2.02. The predicted molar refractivity (Wildman–Crippen MR) is 54.1 cm³/mol. The second-order valence-electron chi connectivity index (χ2n) is 2.41. The zero-order valence-electron chi connectivity index (χ0n) is 7.70. The molecule has 0 spiro atoms. The van der Waals surface area contributed by atoms with Gasteiger partial charge in [-0.15, -0.1) is 0 Å². The Bertz CT molecular complexity index is 299. The first-order valence-electron chi connectivity index (χ1n) is 4.12. The largest absolute Gasteiger partial charge is 0.466 e. The second kappa shape index (κ2) is 5.59. The van der Waals surface area contributed by atoms with E-state index in [9.17, 15) is 4.79 Å². The highest BCUT2D eigenvalue weighted by atomic mass is 79.9. The zero-order valence-corrected chi connectivity index (χ0v) is 9.28. The number of carbonyl (C=O) groups is 1. The normalized spacial score (nSPS) is 9.57. The van der Waals surface area contributed by atoms with Gasteiger partial charge in [0, 0.05) is 16.7 Å². The standard InChI is InChI=1S/C9H10BrNO3/c1-2-13-9(12)6-14-8-4-3-7(10)5-11-8/h3-5H,2,6H2,1H3. The third-order valence-electron chi connectivity index (χ3n) is 1.34. The molecule has 1 heterocycles. The van der Waals surface area contributed by atoms with Crippen molar-refractivity contribution in [3.05, 3.63) is 22.8 Å². The first kappa shape index (κ1) is 11.0. The van der Waals surface area contributed by atoms with Crippen LogP contribution in [0.5, 0.6) is 5.88 Å². The Hall–Kier alpha value is -1.10. The number of ether oxygens (including phenoxy) is 2. The number of esters is 1. The maximum atomic E-state index is 10.9. The third kappa shape index (κ3) is 3.74. The van der Waals surface area contributed by atoms with E-state index in [1.165, 1.54) is 0 Å². The van der Waals surface area contributed by atoms with E-state index < -0.39 is 5.97 Å². The van der Waals surface area contributed by atoms with Crippen molar-refractivity contribution in [2.45, 2.75) is 6.92 Å². The molecule has 0 bridgehead atoms. The predicted octanol–water partition coefficient (Wildman–Crippen LogP) is 1.79. The van der Waals surface area contributed by atoms with Crippen molar-refractivity contribution in [1.82, 2.24) is 4.98 Å². The lowest BCUT2D eigenvalue weighted by Gasteiger charge is -2.04. The van der Waals surface area contributed by atoms with Gasteiger partial charge in [0.05, 0.1) is 6.61 Å². The van der Waals surface area contributed by atoms with E-state index in [-0.39, 0.29) is 6.61 Å². The fraction of sp³-hybridized carbons (Fsp3) is 0.333. The molecule has 4 nitrogen and oxygen atoms in total. The molecule has 0 aliphatic heterocycles. The first-order valence-corrected chi connectivity index (χ1v) is 4.91. The number of rotatable bonds is 4. The molecule has 1 aromatic heterocycles. The van der Waals surface area contributed by atoms with Crippen molar-refractivity contribution in [3.63, 3.8) is 0 Å². The van der Waals surface area contributed by atoms with Gasteiger partial charge in [-0.05, 0) is 28.9 Å². The average molecular weight is 260 g/mol. The van der Waals surface area contributed by atoms with Crippen LogP contribution in [0.15, 0.2) is 22.8 Å². The van der Waals surface area contributed by atoms with Gasteiger partial charge in [0.15, 0.2) is 6.61 Å². The summed E-state index contributed by atoms with van der Waals surface area (Å²) in [6.07, 6.45) is 1.60. The van der Waals surface area contributed by atoms with Gasteiger partial charge >= 0.3 is 5.97 Å². The maximum Gasteiger partial charge on any atom is 0.344 e. The Morgan fingerprint density at radius 1 is 1.57 bits per heavy atom. The fourth-order valence-corrected chi connectivity index (χ4v) is 1.02. The van der Waals surface area contributed by atoms with Crippen LogP contribution in [-0.4, -0.2) is 24.2 Å². The summed E-state index contributed by atoms with van der Waals surface area (Å²) in [7, 11) is 0. The van der Waals surface area contributed by atoms with Gasteiger partial charge in [-0.25, -0.2) is 9.78 Å². The summed E-state index contributed by atoms with van der Waals surface area (Å²) in [4.78, 5) is 14.8. The number of aromatic nitrogens is 1. The van der Waals surface area contributed by atoms with Crippen molar-refractivity contribution in [2.75, 3.05) is 13.2 Å². The number of pyridine rings is 1. The summed E-state index contributed by atoms with van der Waals surface area (Å²) >= 11 is 3.24. The van der Waals surface area contributed by atoms with Gasteiger partial charge in [-0.1, -0.05) is 0 Å². The summed E-state index contributed by atoms with van der Waals surface area (Å²) < 4.78 is 10.6. The van der Waals surface area contributed by atoms with Gasteiger partial charge in [0.25, 0.3) is 0 Å². The maximum absolute atomic E-state index is 10.9. The lowest BCUT2D eigenvalue weighted by molar-refractivity contribution is -0.145. The second-order valence-corrected chi connectivity index (χ2v) is 3.32. The van der Waals surface area contributed by atoms with Crippen LogP contribution in [-0.2, 0) is 9.53 Å². The van der Waals surface area contributed by atoms with Crippen LogP contribution in [0.25, 0.3) is 0 Å². The summed E-state index contributed by atoms with van der Waals surface area (Å²) in [6.45, 7) is 1.99. The molecular weight excluding hydrogens is 250 g/mol. The molecule has 0 saturated heterocycles. The first-order chi connectivity index (χ1) is 6.72. The van der Waals surface area contributed by atoms with Gasteiger partial charge in [0.2, 0.25) is 5.88 Å². The SMILES string of the molecule is CCOC(=O)COc1ccc(Br)cn1. The molecule has 0 unspecified atom stereocenters. The fourth-order valence-electron chi connectivity index (χ4n) is 0.783. The van der Waals surface area contributed by atoms with E-state index in [2.05, 4.69) is 25.7 Å². The van der Waals surface area contributed by atoms with E-state index in [4.69, 9.17) is 4.74 Å². The van der Waals surface area contributed by atoms with Crippen LogP contribution in [0.2, 0.25) is 0 Å². The number of halogens is 1. The molecular formula is C9H10BrNO3. The van der Waals surface area contributed by atoms with Crippen molar-refractivity contribution >= 4 is 21.9 Å². The minimum Gasteiger partial charge on any atom is -0.466 e. The van der Waals surface area contributed by atoms with E-state index >= 15 is 0 Å². The van der Waals surface area contributed by atoms with Crippen molar-refractivity contribution in [1.29, 1.82) is 0 Å². The molecule has 5 heteroatoms. The summed E-state index contributed by atoms with van der Waals surface area (Å²) in [5.41, 5.74) is 0.